The maximum atomic E-state index is 3.78. The Kier molecular flexibility index (Phi) is 3.60. The third-order valence-corrected chi connectivity index (χ3v) is 2.68. The fraction of sp³-hybridized carbons (Fsp3) is 0.778. The molecule has 0 aromatic rings. The molecule has 0 amide bonds. The number of hydrogen-bond acceptors (Lipinski definition) is 1. The molecule has 0 radical (unpaired) electrons. The molecule has 0 aliphatic heterocycles. The summed E-state index contributed by atoms with van der Waals surface area (Å²) in [6.07, 6.45) is 4.06. The molecule has 64 valence electrons. The Morgan fingerprint density at radius 2 is 2.27 bits per heavy atom. The molecule has 1 aliphatic carbocycles. The van der Waals surface area contributed by atoms with E-state index in [1.807, 2.05) is 0 Å². The lowest BCUT2D eigenvalue weighted by atomic mass is 9.79. The standard InChI is InChI=1S/C9H16BrN/c1-3-8-4-9(5-8)11-6-7(2)10/h8-9,11H,2-6H2,1H3. The van der Waals surface area contributed by atoms with Gasteiger partial charge in [0.15, 0.2) is 0 Å². The van der Waals surface area contributed by atoms with Gasteiger partial charge in [-0.05, 0) is 18.8 Å². The second-order valence-corrected chi connectivity index (χ2v) is 4.46. The molecule has 1 aliphatic rings. The topological polar surface area (TPSA) is 12.0 Å². The largest absolute Gasteiger partial charge is 0.309 e. The van der Waals surface area contributed by atoms with Crippen LogP contribution in [0.15, 0.2) is 11.1 Å². The van der Waals surface area contributed by atoms with E-state index >= 15 is 0 Å². The first-order chi connectivity index (χ1) is 5.22. The van der Waals surface area contributed by atoms with E-state index in [1.165, 1.54) is 19.3 Å². The Morgan fingerprint density at radius 3 is 2.73 bits per heavy atom. The van der Waals surface area contributed by atoms with Crippen molar-refractivity contribution in [2.75, 3.05) is 6.54 Å². The lowest BCUT2D eigenvalue weighted by molar-refractivity contribution is 0.222. The average molecular weight is 218 g/mol. The van der Waals surface area contributed by atoms with Gasteiger partial charge in [0.05, 0.1) is 0 Å². The number of halogens is 1. The van der Waals surface area contributed by atoms with E-state index in [-0.39, 0.29) is 0 Å². The summed E-state index contributed by atoms with van der Waals surface area (Å²) in [4.78, 5) is 0. The molecule has 2 heteroatoms. The summed E-state index contributed by atoms with van der Waals surface area (Å²) in [5, 5.41) is 3.44. The highest BCUT2D eigenvalue weighted by atomic mass is 79.9. The molecule has 1 rings (SSSR count). The van der Waals surface area contributed by atoms with Crippen molar-refractivity contribution in [2.24, 2.45) is 5.92 Å². The van der Waals surface area contributed by atoms with E-state index in [2.05, 4.69) is 34.7 Å². The Bertz CT molecular complexity index is 138. The van der Waals surface area contributed by atoms with Crippen LogP contribution in [0.25, 0.3) is 0 Å². The van der Waals surface area contributed by atoms with Crippen LogP contribution in [0.4, 0.5) is 0 Å². The van der Waals surface area contributed by atoms with Crippen LogP contribution in [0.1, 0.15) is 26.2 Å². The van der Waals surface area contributed by atoms with Crippen LogP contribution in [0, 0.1) is 5.92 Å². The third-order valence-electron chi connectivity index (χ3n) is 2.40. The van der Waals surface area contributed by atoms with Crippen LogP contribution in [0.2, 0.25) is 0 Å². The summed E-state index contributed by atoms with van der Waals surface area (Å²) in [6, 6.07) is 0.759. The second kappa shape index (κ2) is 4.27. The van der Waals surface area contributed by atoms with Gasteiger partial charge in [0.1, 0.15) is 0 Å². The number of rotatable bonds is 4. The highest BCUT2D eigenvalue weighted by Crippen LogP contribution is 2.29. The molecule has 0 saturated heterocycles. The molecule has 11 heavy (non-hydrogen) atoms. The molecule has 1 saturated carbocycles. The van der Waals surface area contributed by atoms with Gasteiger partial charge < -0.3 is 5.32 Å². The fourth-order valence-corrected chi connectivity index (χ4v) is 1.65. The number of hydrogen-bond donors (Lipinski definition) is 1. The molecule has 0 spiro atoms. The molecule has 0 aromatic carbocycles. The predicted octanol–water partition coefficient (Wildman–Crippen LogP) is 2.67. The summed E-state index contributed by atoms with van der Waals surface area (Å²) in [7, 11) is 0. The lowest BCUT2D eigenvalue weighted by Gasteiger charge is -2.35. The predicted molar refractivity (Wildman–Crippen MR) is 52.9 cm³/mol. The van der Waals surface area contributed by atoms with Crippen molar-refractivity contribution in [2.45, 2.75) is 32.2 Å². The molecule has 1 nitrogen and oxygen atoms in total. The van der Waals surface area contributed by atoms with Crippen molar-refractivity contribution < 1.29 is 0 Å². The van der Waals surface area contributed by atoms with E-state index in [4.69, 9.17) is 0 Å². The first-order valence-corrected chi connectivity index (χ1v) is 5.08. The van der Waals surface area contributed by atoms with Gasteiger partial charge in [0.2, 0.25) is 0 Å². The van der Waals surface area contributed by atoms with E-state index in [1.54, 1.807) is 0 Å². The Balaban J connectivity index is 2.00. The normalized spacial score (nSPS) is 29.6. The molecular formula is C9H16BrN. The van der Waals surface area contributed by atoms with E-state index in [0.717, 1.165) is 23.0 Å². The summed E-state index contributed by atoms with van der Waals surface area (Å²) in [6.45, 7) is 6.96. The summed E-state index contributed by atoms with van der Waals surface area (Å²) >= 11 is 3.33. The van der Waals surface area contributed by atoms with Gasteiger partial charge in [-0.3, -0.25) is 0 Å². The highest BCUT2D eigenvalue weighted by molar-refractivity contribution is 9.11. The maximum absolute atomic E-state index is 3.78. The smallest absolute Gasteiger partial charge is 0.0268 e. The summed E-state index contributed by atoms with van der Waals surface area (Å²) < 4.78 is 1.05. The van der Waals surface area contributed by atoms with Gasteiger partial charge in [-0.25, -0.2) is 0 Å². The zero-order valence-corrected chi connectivity index (χ0v) is 8.65. The second-order valence-electron chi connectivity index (χ2n) is 3.34. The van der Waals surface area contributed by atoms with Crippen LogP contribution >= 0.6 is 15.9 Å². The molecule has 0 bridgehead atoms. The van der Waals surface area contributed by atoms with Crippen LogP contribution in [0.3, 0.4) is 0 Å². The van der Waals surface area contributed by atoms with Gasteiger partial charge >= 0.3 is 0 Å². The first kappa shape index (κ1) is 9.27. The number of nitrogens with one attached hydrogen (secondary N) is 1. The van der Waals surface area contributed by atoms with Gasteiger partial charge in [-0.1, -0.05) is 35.9 Å². The van der Waals surface area contributed by atoms with Crippen LogP contribution in [0.5, 0.6) is 0 Å². The molecule has 0 atom stereocenters. The van der Waals surface area contributed by atoms with Crippen LogP contribution in [-0.4, -0.2) is 12.6 Å². The first-order valence-electron chi connectivity index (χ1n) is 4.29. The SMILES string of the molecule is C=C(Br)CNC1CC(CC)C1. The van der Waals surface area contributed by atoms with Crippen molar-refractivity contribution in [3.05, 3.63) is 11.1 Å². The minimum atomic E-state index is 0.759. The summed E-state index contributed by atoms with van der Waals surface area (Å²) in [5.41, 5.74) is 0. The van der Waals surface area contributed by atoms with Gasteiger partial charge in [-0.15, -0.1) is 0 Å². The minimum absolute atomic E-state index is 0.759. The van der Waals surface area contributed by atoms with Crippen molar-refractivity contribution in [1.29, 1.82) is 0 Å². The van der Waals surface area contributed by atoms with Crippen molar-refractivity contribution in [3.63, 3.8) is 0 Å². The van der Waals surface area contributed by atoms with Gasteiger partial charge in [0.25, 0.3) is 0 Å². The third kappa shape index (κ3) is 2.96. The van der Waals surface area contributed by atoms with Crippen molar-refractivity contribution >= 4 is 15.9 Å². The van der Waals surface area contributed by atoms with Gasteiger partial charge in [0, 0.05) is 17.1 Å². The molecule has 0 heterocycles. The van der Waals surface area contributed by atoms with Crippen molar-refractivity contribution in [1.82, 2.24) is 5.32 Å². The Hall–Kier alpha value is 0.180. The zero-order valence-electron chi connectivity index (χ0n) is 7.07. The lowest BCUT2D eigenvalue weighted by Crippen LogP contribution is -2.41. The monoisotopic (exact) mass is 217 g/mol. The Labute approximate surface area is 77.4 Å². The molecule has 0 aromatic heterocycles. The van der Waals surface area contributed by atoms with Gasteiger partial charge in [-0.2, -0.15) is 0 Å². The van der Waals surface area contributed by atoms with E-state index < -0.39 is 0 Å². The van der Waals surface area contributed by atoms with Crippen LogP contribution in [-0.2, 0) is 0 Å². The average Bonchev–Trinajstić information content (AvgIpc) is 1.84. The van der Waals surface area contributed by atoms with Crippen molar-refractivity contribution in [3.8, 4) is 0 Å². The minimum Gasteiger partial charge on any atom is -0.309 e. The highest BCUT2D eigenvalue weighted by Gasteiger charge is 2.26. The Morgan fingerprint density at radius 1 is 1.64 bits per heavy atom. The summed E-state index contributed by atoms with van der Waals surface area (Å²) in [5.74, 6) is 0.982. The molecule has 1 fully saturated rings. The fourth-order valence-electron chi connectivity index (χ4n) is 1.49. The molecular weight excluding hydrogens is 202 g/mol. The molecule has 1 N–H and O–H groups in total. The quantitative estimate of drug-likeness (QED) is 0.764. The molecule has 0 unspecified atom stereocenters. The maximum Gasteiger partial charge on any atom is 0.0268 e. The van der Waals surface area contributed by atoms with E-state index in [9.17, 15) is 0 Å². The zero-order chi connectivity index (χ0) is 8.27. The van der Waals surface area contributed by atoms with Crippen LogP contribution < -0.4 is 5.32 Å². The van der Waals surface area contributed by atoms with E-state index in [0.29, 0.717) is 0 Å².